The van der Waals surface area contributed by atoms with Gasteiger partial charge in [0.15, 0.2) is 0 Å². The number of para-hydroxylation sites is 2. The second-order valence-electron chi connectivity index (χ2n) is 25.1. The molecule has 74 heavy (non-hydrogen) atoms. The van der Waals surface area contributed by atoms with Crippen molar-refractivity contribution in [2.75, 3.05) is 9.80 Å². The smallest absolute Gasteiger partial charge is 0.252 e. The molecule has 1 aromatic heterocycles. The molecule has 0 saturated heterocycles. The summed E-state index contributed by atoms with van der Waals surface area (Å²) in [6, 6.07) is 74.4. The van der Waals surface area contributed by atoms with E-state index in [1.807, 2.05) is 0 Å². The fourth-order valence-electron chi connectivity index (χ4n) is 11.9. The highest BCUT2D eigenvalue weighted by molar-refractivity contribution is 7.00. The third-order valence-electron chi connectivity index (χ3n) is 16.0. The van der Waals surface area contributed by atoms with Gasteiger partial charge in [-0.05, 0) is 144 Å². The average Bonchev–Trinajstić information content (AvgIpc) is 3.74. The average molecular weight is 962 g/mol. The molecular formula is C70H68BN3. The van der Waals surface area contributed by atoms with Crippen molar-refractivity contribution in [1.82, 2.24) is 4.57 Å². The van der Waals surface area contributed by atoms with E-state index in [2.05, 4.69) is 292 Å². The lowest BCUT2D eigenvalue weighted by Gasteiger charge is -2.45. The van der Waals surface area contributed by atoms with Gasteiger partial charge in [-0.3, -0.25) is 0 Å². The van der Waals surface area contributed by atoms with E-state index in [1.165, 1.54) is 111 Å². The maximum Gasteiger partial charge on any atom is 0.252 e. The highest BCUT2D eigenvalue weighted by Crippen LogP contribution is 2.52. The minimum absolute atomic E-state index is 0.0123. The summed E-state index contributed by atoms with van der Waals surface area (Å²) in [7, 11) is 0. The van der Waals surface area contributed by atoms with Gasteiger partial charge >= 0.3 is 0 Å². The normalized spacial score (nSPS) is 13.6. The van der Waals surface area contributed by atoms with Gasteiger partial charge in [-0.1, -0.05) is 204 Å². The van der Waals surface area contributed by atoms with E-state index in [4.69, 9.17) is 0 Å². The number of aromatic nitrogens is 1. The predicted molar refractivity (Wildman–Crippen MR) is 320 cm³/mol. The number of rotatable bonds is 5. The number of hydrogen-bond acceptors (Lipinski definition) is 2. The van der Waals surface area contributed by atoms with Crippen LogP contribution in [0.1, 0.15) is 105 Å². The Morgan fingerprint density at radius 1 is 0.324 bits per heavy atom. The second kappa shape index (κ2) is 17.0. The fourth-order valence-corrected chi connectivity index (χ4v) is 11.9. The third-order valence-corrected chi connectivity index (χ3v) is 16.0. The standard InChI is InChI=1S/C70H68BN3/c1-67(2,3)47-31-35-51(36-32-47)72-61-29-21-19-27-57(61)71-58-28-20-22-30-62(58)74(66-53(45-23-15-13-16-24-45)41-50(70(10,11)12)42-54(66)46-25-17-14-18-26-46)64-44-52(43-63(72)65(64)71)73-59-37-33-48(68(4,5)6)39-55(59)56-40-49(69(7,8)9)34-38-60(56)73/h13-44H,1-12H3. The summed E-state index contributed by atoms with van der Waals surface area (Å²) in [4.78, 5) is 5.22. The topological polar surface area (TPSA) is 11.4 Å². The van der Waals surface area contributed by atoms with Gasteiger partial charge in [0.2, 0.25) is 0 Å². The summed E-state index contributed by atoms with van der Waals surface area (Å²) in [5, 5.41) is 2.56. The monoisotopic (exact) mass is 962 g/mol. The maximum atomic E-state index is 2.66. The molecule has 12 rings (SSSR count). The number of hydrogen-bond donors (Lipinski definition) is 0. The Labute approximate surface area is 440 Å². The first-order chi connectivity index (χ1) is 35.3. The van der Waals surface area contributed by atoms with Gasteiger partial charge in [0.05, 0.1) is 22.4 Å². The summed E-state index contributed by atoms with van der Waals surface area (Å²) in [6.45, 7) is 27.9. The highest BCUT2D eigenvalue weighted by atomic mass is 15.2. The number of nitrogens with zero attached hydrogens (tertiary/aromatic N) is 3. The molecule has 0 N–H and O–H groups in total. The van der Waals surface area contributed by atoms with E-state index >= 15 is 0 Å². The van der Waals surface area contributed by atoms with Gasteiger partial charge in [0.25, 0.3) is 6.71 Å². The zero-order chi connectivity index (χ0) is 51.6. The van der Waals surface area contributed by atoms with Crippen LogP contribution in [0.4, 0.5) is 34.1 Å². The van der Waals surface area contributed by atoms with Crippen LogP contribution >= 0.6 is 0 Å². The molecule has 0 amide bonds. The Morgan fingerprint density at radius 2 is 0.730 bits per heavy atom. The molecule has 3 heterocycles. The summed E-state index contributed by atoms with van der Waals surface area (Å²) in [5.74, 6) is 0. The van der Waals surface area contributed by atoms with Crippen molar-refractivity contribution >= 4 is 79.0 Å². The number of benzene rings is 9. The third kappa shape index (κ3) is 7.79. The predicted octanol–water partition coefficient (Wildman–Crippen LogP) is 17.4. The molecular weight excluding hydrogens is 894 g/mol. The van der Waals surface area contributed by atoms with Crippen LogP contribution in [0.15, 0.2) is 194 Å². The molecule has 0 radical (unpaired) electrons. The van der Waals surface area contributed by atoms with Crippen LogP contribution in [0.5, 0.6) is 0 Å². The van der Waals surface area contributed by atoms with Crippen molar-refractivity contribution in [2.45, 2.75) is 105 Å². The first-order valence-corrected chi connectivity index (χ1v) is 26.7. The van der Waals surface area contributed by atoms with E-state index in [0.29, 0.717) is 0 Å². The first-order valence-electron chi connectivity index (χ1n) is 26.7. The number of fused-ring (bicyclic) bond motifs is 7. The molecule has 2 aliphatic heterocycles. The fraction of sp³-hybridized carbons (Fsp3) is 0.229. The second-order valence-corrected chi connectivity index (χ2v) is 25.1. The summed E-state index contributed by atoms with van der Waals surface area (Å²) < 4.78 is 2.56. The molecule has 0 atom stereocenters. The Bertz CT molecular complexity index is 3680. The van der Waals surface area contributed by atoms with Crippen LogP contribution in [0.25, 0.3) is 49.7 Å². The number of anilines is 6. The lowest BCUT2D eigenvalue weighted by Crippen LogP contribution is -2.61. The lowest BCUT2D eigenvalue weighted by atomic mass is 9.33. The van der Waals surface area contributed by atoms with Crippen molar-refractivity contribution in [1.29, 1.82) is 0 Å². The van der Waals surface area contributed by atoms with E-state index in [-0.39, 0.29) is 28.4 Å². The van der Waals surface area contributed by atoms with E-state index in [0.717, 1.165) is 11.4 Å². The molecule has 0 saturated carbocycles. The molecule has 366 valence electrons. The summed E-state index contributed by atoms with van der Waals surface area (Å²) in [5.41, 5.74) is 24.4. The zero-order valence-electron chi connectivity index (χ0n) is 45.4. The van der Waals surface area contributed by atoms with Gasteiger partial charge in [-0.25, -0.2) is 0 Å². The van der Waals surface area contributed by atoms with Crippen LogP contribution < -0.4 is 26.2 Å². The van der Waals surface area contributed by atoms with Gasteiger partial charge in [0, 0.05) is 50.3 Å². The van der Waals surface area contributed by atoms with Crippen LogP contribution in [-0.2, 0) is 21.7 Å². The van der Waals surface area contributed by atoms with Gasteiger partial charge in [-0.2, -0.15) is 0 Å². The lowest BCUT2D eigenvalue weighted by molar-refractivity contribution is 0.590. The first kappa shape index (κ1) is 47.4. The van der Waals surface area contributed by atoms with Gasteiger partial charge < -0.3 is 14.4 Å². The molecule has 0 fully saturated rings. The molecule has 9 aromatic carbocycles. The van der Waals surface area contributed by atoms with E-state index < -0.39 is 0 Å². The molecule has 10 aromatic rings. The minimum Gasteiger partial charge on any atom is -0.311 e. The minimum atomic E-state index is -0.113. The van der Waals surface area contributed by atoms with Crippen molar-refractivity contribution < 1.29 is 0 Å². The highest BCUT2D eigenvalue weighted by Gasteiger charge is 2.45. The van der Waals surface area contributed by atoms with Crippen molar-refractivity contribution in [2.24, 2.45) is 0 Å². The molecule has 0 bridgehead atoms. The molecule has 0 aliphatic carbocycles. The van der Waals surface area contributed by atoms with Gasteiger partial charge in [0.1, 0.15) is 0 Å². The molecule has 4 heteroatoms. The Hall–Kier alpha value is -7.56. The van der Waals surface area contributed by atoms with Crippen LogP contribution in [0, 0.1) is 0 Å². The van der Waals surface area contributed by atoms with E-state index in [1.54, 1.807) is 0 Å². The summed E-state index contributed by atoms with van der Waals surface area (Å²) >= 11 is 0. The zero-order valence-corrected chi connectivity index (χ0v) is 45.4. The maximum absolute atomic E-state index is 2.66. The Kier molecular flexibility index (Phi) is 10.9. The van der Waals surface area contributed by atoms with Crippen molar-refractivity contribution in [3.63, 3.8) is 0 Å². The molecule has 3 nitrogen and oxygen atoms in total. The Balaban J connectivity index is 1.26. The summed E-state index contributed by atoms with van der Waals surface area (Å²) in [6.07, 6.45) is 0. The van der Waals surface area contributed by atoms with Crippen molar-refractivity contribution in [3.8, 4) is 27.9 Å². The molecule has 0 unspecified atom stereocenters. The largest absolute Gasteiger partial charge is 0.311 e. The van der Waals surface area contributed by atoms with E-state index in [9.17, 15) is 0 Å². The molecule has 2 aliphatic rings. The Morgan fingerprint density at radius 3 is 1.19 bits per heavy atom. The van der Waals surface area contributed by atoms with Crippen molar-refractivity contribution in [3.05, 3.63) is 216 Å². The molecule has 0 spiro atoms. The SMILES string of the molecule is CC(C)(C)c1ccc(N2c3ccccc3B3c4ccccc4N(c4c(-c5ccccc5)cc(C(C)(C)C)cc4-c4ccccc4)c4cc(-n5c6ccc(C(C)(C)C)cc6c6cc(C(C)(C)C)ccc65)cc2c43)cc1. The van der Waals surface area contributed by atoms with Gasteiger partial charge in [-0.15, -0.1) is 0 Å². The van der Waals surface area contributed by atoms with Crippen LogP contribution in [-0.4, -0.2) is 11.3 Å². The van der Waals surface area contributed by atoms with Crippen LogP contribution in [0.3, 0.4) is 0 Å². The van der Waals surface area contributed by atoms with Crippen LogP contribution in [0.2, 0.25) is 0 Å². The quantitative estimate of drug-likeness (QED) is 0.159.